The highest BCUT2D eigenvalue weighted by Crippen LogP contribution is 2.26. The third-order valence-electron chi connectivity index (χ3n) is 4.23. The van der Waals surface area contributed by atoms with Crippen LogP contribution in [0, 0.1) is 17.3 Å². The van der Waals surface area contributed by atoms with Gasteiger partial charge in [-0.2, -0.15) is 0 Å². The number of hydrogen-bond donors (Lipinski definition) is 1. The fraction of sp³-hybridized carbons (Fsp3) is 0.875. The topological polar surface area (TPSA) is 49.4 Å². The fourth-order valence-corrected chi connectivity index (χ4v) is 2.31. The van der Waals surface area contributed by atoms with Gasteiger partial charge >= 0.3 is 0 Å². The summed E-state index contributed by atoms with van der Waals surface area (Å²) in [6, 6.07) is -0.350. The summed E-state index contributed by atoms with van der Waals surface area (Å²) in [6.07, 6.45) is 1.13. The van der Waals surface area contributed by atoms with Gasteiger partial charge in [-0.15, -0.1) is 0 Å². The number of amides is 2. The van der Waals surface area contributed by atoms with Gasteiger partial charge in [0, 0.05) is 19.5 Å². The summed E-state index contributed by atoms with van der Waals surface area (Å²) in [5.74, 6) is 0.874. The lowest BCUT2D eigenvalue weighted by Gasteiger charge is -2.33. The van der Waals surface area contributed by atoms with Crippen molar-refractivity contribution < 1.29 is 9.59 Å². The lowest BCUT2D eigenvalue weighted by atomic mass is 9.81. The predicted molar refractivity (Wildman–Crippen MR) is 81.2 cm³/mol. The first-order valence-electron chi connectivity index (χ1n) is 7.69. The molecule has 2 atom stereocenters. The van der Waals surface area contributed by atoms with Gasteiger partial charge < -0.3 is 10.2 Å². The maximum atomic E-state index is 12.6. The van der Waals surface area contributed by atoms with Crippen molar-refractivity contribution in [2.24, 2.45) is 17.3 Å². The molecule has 0 spiro atoms. The van der Waals surface area contributed by atoms with E-state index in [1.807, 2.05) is 4.90 Å². The first kappa shape index (κ1) is 17.0. The zero-order valence-corrected chi connectivity index (χ0v) is 13.8. The van der Waals surface area contributed by atoms with Crippen LogP contribution in [0.4, 0.5) is 0 Å². The highest BCUT2D eigenvalue weighted by Gasteiger charge is 2.32. The van der Waals surface area contributed by atoms with Crippen LogP contribution in [0.3, 0.4) is 0 Å². The molecule has 4 heteroatoms. The molecule has 1 aliphatic heterocycles. The average Bonchev–Trinajstić information content (AvgIpc) is 2.41. The van der Waals surface area contributed by atoms with Crippen LogP contribution in [0.1, 0.15) is 54.4 Å². The van der Waals surface area contributed by atoms with E-state index in [0.29, 0.717) is 31.2 Å². The molecule has 1 aliphatic rings. The summed E-state index contributed by atoms with van der Waals surface area (Å²) in [6.45, 7) is 14.2. The van der Waals surface area contributed by atoms with Gasteiger partial charge in [-0.05, 0) is 23.7 Å². The standard InChI is InChI=1S/C16H30N2O2/c1-11(2)9-13-15(20)18(8-7-14(19)17-13)10-12(3)16(4,5)6/h11-13H,7-10H2,1-6H3,(H,17,19). The third-order valence-corrected chi connectivity index (χ3v) is 4.23. The number of carbonyl (C=O) groups is 2. The first-order valence-corrected chi connectivity index (χ1v) is 7.69. The zero-order valence-electron chi connectivity index (χ0n) is 13.8. The van der Waals surface area contributed by atoms with E-state index in [9.17, 15) is 9.59 Å². The van der Waals surface area contributed by atoms with Crippen LogP contribution in [0.25, 0.3) is 0 Å². The summed E-state index contributed by atoms with van der Waals surface area (Å²) < 4.78 is 0. The van der Waals surface area contributed by atoms with Crippen molar-refractivity contribution in [1.29, 1.82) is 0 Å². The Morgan fingerprint density at radius 1 is 1.25 bits per heavy atom. The van der Waals surface area contributed by atoms with Crippen molar-refractivity contribution in [2.75, 3.05) is 13.1 Å². The van der Waals surface area contributed by atoms with Crippen molar-refractivity contribution in [3.05, 3.63) is 0 Å². The van der Waals surface area contributed by atoms with E-state index in [-0.39, 0.29) is 23.3 Å². The number of nitrogens with one attached hydrogen (secondary N) is 1. The zero-order chi connectivity index (χ0) is 15.5. The summed E-state index contributed by atoms with van der Waals surface area (Å²) in [4.78, 5) is 26.2. The summed E-state index contributed by atoms with van der Waals surface area (Å²) in [5.41, 5.74) is 0.164. The second kappa shape index (κ2) is 6.59. The Morgan fingerprint density at radius 2 is 1.85 bits per heavy atom. The SMILES string of the molecule is CC(C)CC1NC(=O)CCN(CC(C)C(C)(C)C)C1=O. The largest absolute Gasteiger partial charge is 0.344 e. The van der Waals surface area contributed by atoms with Crippen molar-refractivity contribution in [3.63, 3.8) is 0 Å². The van der Waals surface area contributed by atoms with Crippen LogP contribution in [-0.4, -0.2) is 35.8 Å². The number of hydrogen-bond acceptors (Lipinski definition) is 2. The Labute approximate surface area is 123 Å². The highest BCUT2D eigenvalue weighted by atomic mass is 16.2. The summed E-state index contributed by atoms with van der Waals surface area (Å²) in [5, 5.41) is 2.87. The van der Waals surface area contributed by atoms with Gasteiger partial charge in [0.1, 0.15) is 6.04 Å². The number of rotatable bonds is 4. The molecule has 2 unspecified atom stereocenters. The van der Waals surface area contributed by atoms with Crippen molar-refractivity contribution in [1.82, 2.24) is 10.2 Å². The van der Waals surface area contributed by atoms with Crippen LogP contribution < -0.4 is 5.32 Å². The Kier molecular flexibility index (Phi) is 5.60. The van der Waals surface area contributed by atoms with Crippen LogP contribution >= 0.6 is 0 Å². The Morgan fingerprint density at radius 3 is 2.35 bits per heavy atom. The lowest BCUT2D eigenvalue weighted by Crippen LogP contribution is -2.47. The van der Waals surface area contributed by atoms with Crippen molar-refractivity contribution in [2.45, 2.75) is 60.4 Å². The van der Waals surface area contributed by atoms with E-state index in [2.05, 4.69) is 46.9 Å². The molecule has 20 heavy (non-hydrogen) atoms. The molecule has 0 aromatic rings. The number of nitrogens with zero attached hydrogens (tertiary/aromatic N) is 1. The molecule has 4 nitrogen and oxygen atoms in total. The quantitative estimate of drug-likeness (QED) is 0.861. The fourth-order valence-electron chi connectivity index (χ4n) is 2.31. The molecule has 116 valence electrons. The lowest BCUT2D eigenvalue weighted by molar-refractivity contribution is -0.134. The molecule has 2 amide bonds. The smallest absolute Gasteiger partial charge is 0.245 e. The summed E-state index contributed by atoms with van der Waals surface area (Å²) >= 11 is 0. The van der Waals surface area contributed by atoms with Gasteiger partial charge in [-0.25, -0.2) is 0 Å². The van der Waals surface area contributed by atoms with Crippen molar-refractivity contribution in [3.8, 4) is 0 Å². The van der Waals surface area contributed by atoms with Gasteiger partial charge in [-0.3, -0.25) is 9.59 Å². The second-order valence-corrected chi connectivity index (χ2v) is 7.55. The van der Waals surface area contributed by atoms with Gasteiger partial charge in [0.25, 0.3) is 0 Å². The van der Waals surface area contributed by atoms with Gasteiger partial charge in [0.05, 0.1) is 0 Å². The molecular formula is C16H30N2O2. The van der Waals surface area contributed by atoms with E-state index in [1.165, 1.54) is 0 Å². The predicted octanol–water partition coefficient (Wildman–Crippen LogP) is 2.43. The van der Waals surface area contributed by atoms with Crippen LogP contribution in [-0.2, 0) is 9.59 Å². The average molecular weight is 282 g/mol. The molecule has 1 rings (SSSR count). The van der Waals surface area contributed by atoms with Crippen LogP contribution in [0.2, 0.25) is 0 Å². The summed E-state index contributed by atoms with van der Waals surface area (Å²) in [7, 11) is 0. The molecule has 1 heterocycles. The third kappa shape index (κ3) is 4.80. The second-order valence-electron chi connectivity index (χ2n) is 7.55. The molecular weight excluding hydrogens is 252 g/mol. The van der Waals surface area contributed by atoms with E-state index in [1.54, 1.807) is 0 Å². The minimum atomic E-state index is -0.350. The molecule has 1 saturated heterocycles. The van der Waals surface area contributed by atoms with Gasteiger partial charge in [0.15, 0.2) is 0 Å². The molecule has 0 aromatic heterocycles. The van der Waals surface area contributed by atoms with E-state index >= 15 is 0 Å². The molecule has 0 bridgehead atoms. The number of carbonyl (C=O) groups excluding carboxylic acids is 2. The monoisotopic (exact) mass is 282 g/mol. The van der Waals surface area contributed by atoms with Gasteiger partial charge in [0.2, 0.25) is 11.8 Å². The molecule has 0 saturated carbocycles. The minimum absolute atomic E-state index is 0.00471. The van der Waals surface area contributed by atoms with E-state index in [0.717, 1.165) is 6.54 Å². The first-order chi connectivity index (χ1) is 9.11. The molecule has 0 aromatic carbocycles. The van der Waals surface area contributed by atoms with E-state index < -0.39 is 0 Å². The van der Waals surface area contributed by atoms with Crippen LogP contribution in [0.5, 0.6) is 0 Å². The Hall–Kier alpha value is -1.06. The van der Waals surface area contributed by atoms with E-state index in [4.69, 9.17) is 0 Å². The minimum Gasteiger partial charge on any atom is -0.344 e. The van der Waals surface area contributed by atoms with Gasteiger partial charge in [-0.1, -0.05) is 41.5 Å². The molecule has 0 aliphatic carbocycles. The molecule has 1 fully saturated rings. The normalized spacial score (nSPS) is 22.8. The maximum absolute atomic E-state index is 12.6. The molecule has 1 N–H and O–H groups in total. The Balaban J connectivity index is 2.79. The highest BCUT2D eigenvalue weighted by molar-refractivity contribution is 5.89. The molecule has 0 radical (unpaired) electrons. The van der Waals surface area contributed by atoms with Crippen molar-refractivity contribution >= 4 is 11.8 Å². The van der Waals surface area contributed by atoms with Crippen LogP contribution in [0.15, 0.2) is 0 Å². The Bertz CT molecular complexity index is 358. The maximum Gasteiger partial charge on any atom is 0.245 e.